The summed E-state index contributed by atoms with van der Waals surface area (Å²) in [6, 6.07) is 0. The number of allylic oxidation sites excluding steroid dienone is 12. The highest BCUT2D eigenvalue weighted by molar-refractivity contribution is 5.71. The Labute approximate surface area is 472 Å². The number of hydrogen-bond donors (Lipinski definition) is 0. The normalized spacial score (nSPS) is 12.5. The minimum atomic E-state index is -0.767. The highest BCUT2D eigenvalue weighted by atomic mass is 16.6. The van der Waals surface area contributed by atoms with Crippen molar-refractivity contribution in [3.8, 4) is 0 Å². The Morgan fingerprint density at radius 1 is 0.276 bits per heavy atom. The number of esters is 3. The molecule has 0 fully saturated rings. The van der Waals surface area contributed by atoms with Gasteiger partial charge in [-0.1, -0.05) is 318 Å². The largest absolute Gasteiger partial charge is 0.462 e. The summed E-state index contributed by atoms with van der Waals surface area (Å²) in [5.41, 5.74) is 0. The molecule has 1 atom stereocenters. The fourth-order valence-corrected chi connectivity index (χ4v) is 9.57. The van der Waals surface area contributed by atoms with E-state index in [2.05, 4.69) is 93.7 Å². The van der Waals surface area contributed by atoms with E-state index in [9.17, 15) is 14.4 Å². The fourth-order valence-electron chi connectivity index (χ4n) is 9.57. The van der Waals surface area contributed by atoms with Crippen molar-refractivity contribution < 1.29 is 28.6 Å². The lowest BCUT2D eigenvalue weighted by molar-refractivity contribution is -0.167. The molecular weight excluding hydrogens is 937 g/mol. The zero-order valence-corrected chi connectivity index (χ0v) is 50.5. The molecule has 0 rings (SSSR count). The molecule has 0 aromatic carbocycles. The van der Waals surface area contributed by atoms with E-state index in [1.54, 1.807) is 0 Å². The van der Waals surface area contributed by atoms with Crippen molar-refractivity contribution in [3.05, 3.63) is 72.9 Å². The van der Waals surface area contributed by atoms with Gasteiger partial charge in [-0.2, -0.15) is 0 Å². The smallest absolute Gasteiger partial charge is 0.306 e. The molecular formula is C70H124O6. The van der Waals surface area contributed by atoms with E-state index in [4.69, 9.17) is 14.2 Å². The van der Waals surface area contributed by atoms with E-state index >= 15 is 0 Å². The summed E-state index contributed by atoms with van der Waals surface area (Å²) in [4.78, 5) is 37.9. The maximum atomic E-state index is 12.8. The van der Waals surface area contributed by atoms with Gasteiger partial charge in [0.25, 0.3) is 0 Å². The Hall–Kier alpha value is -3.15. The van der Waals surface area contributed by atoms with Gasteiger partial charge in [-0.15, -0.1) is 0 Å². The van der Waals surface area contributed by atoms with Crippen LogP contribution >= 0.6 is 0 Å². The number of unbranched alkanes of at least 4 members (excludes halogenated alkanes) is 37. The fraction of sp³-hybridized carbons (Fsp3) is 0.786. The molecule has 6 heteroatoms. The average molecular weight is 1060 g/mol. The van der Waals surface area contributed by atoms with Crippen LogP contribution in [0.25, 0.3) is 0 Å². The maximum absolute atomic E-state index is 12.8. The van der Waals surface area contributed by atoms with Crippen LogP contribution in [0.15, 0.2) is 72.9 Å². The van der Waals surface area contributed by atoms with Crippen LogP contribution in [-0.2, 0) is 28.6 Å². The van der Waals surface area contributed by atoms with Gasteiger partial charge >= 0.3 is 17.9 Å². The van der Waals surface area contributed by atoms with Gasteiger partial charge in [0.1, 0.15) is 13.2 Å². The number of hydrogen-bond acceptors (Lipinski definition) is 6. The predicted octanol–water partition coefficient (Wildman–Crippen LogP) is 22.5. The van der Waals surface area contributed by atoms with Gasteiger partial charge in [0, 0.05) is 19.3 Å². The first-order valence-corrected chi connectivity index (χ1v) is 32.9. The molecule has 0 saturated carbocycles. The van der Waals surface area contributed by atoms with Crippen LogP contribution < -0.4 is 0 Å². The van der Waals surface area contributed by atoms with Crippen LogP contribution in [0.4, 0.5) is 0 Å². The number of rotatable bonds is 60. The zero-order chi connectivity index (χ0) is 55.0. The molecule has 0 aromatic heterocycles. The topological polar surface area (TPSA) is 78.9 Å². The van der Waals surface area contributed by atoms with Gasteiger partial charge in [-0.25, -0.2) is 0 Å². The van der Waals surface area contributed by atoms with Crippen LogP contribution in [0.2, 0.25) is 0 Å². The van der Waals surface area contributed by atoms with E-state index in [0.29, 0.717) is 19.3 Å². The minimum absolute atomic E-state index is 0.0696. The number of ether oxygens (including phenoxy) is 3. The maximum Gasteiger partial charge on any atom is 0.306 e. The quantitative estimate of drug-likeness (QED) is 0.0261. The molecule has 0 aliphatic rings. The predicted molar refractivity (Wildman–Crippen MR) is 330 cm³/mol. The van der Waals surface area contributed by atoms with E-state index < -0.39 is 6.10 Å². The summed E-state index contributed by atoms with van der Waals surface area (Å²) in [7, 11) is 0. The van der Waals surface area contributed by atoms with Crippen molar-refractivity contribution in [1.82, 2.24) is 0 Å². The molecule has 0 spiro atoms. The number of carbonyl (C=O) groups is 3. The van der Waals surface area contributed by atoms with E-state index in [0.717, 1.165) is 103 Å². The van der Waals surface area contributed by atoms with Crippen molar-refractivity contribution in [2.24, 2.45) is 0 Å². The van der Waals surface area contributed by atoms with Crippen LogP contribution in [0.5, 0.6) is 0 Å². The molecule has 6 nitrogen and oxygen atoms in total. The summed E-state index contributed by atoms with van der Waals surface area (Å²) in [6.07, 6.45) is 84.0. The second-order valence-electron chi connectivity index (χ2n) is 22.0. The SMILES string of the molecule is CC/C=C\C/C=C\C/C=C\C/C=C\C/C=C\C/C=C\CCCCCCCCCCCCCCCCCCC(=O)OCC(COC(=O)CCCCCCC)OC(=O)CCCCCCCCCCCCCCCCCCCC. The molecule has 1 unspecified atom stereocenters. The van der Waals surface area contributed by atoms with Crippen LogP contribution in [0.1, 0.15) is 335 Å². The number of carbonyl (C=O) groups excluding carboxylic acids is 3. The van der Waals surface area contributed by atoms with Gasteiger partial charge in [-0.3, -0.25) is 14.4 Å². The third kappa shape index (κ3) is 61.7. The zero-order valence-electron chi connectivity index (χ0n) is 50.5. The van der Waals surface area contributed by atoms with Crippen LogP contribution in [0.3, 0.4) is 0 Å². The lowest BCUT2D eigenvalue weighted by Crippen LogP contribution is -2.30. The highest BCUT2D eigenvalue weighted by Crippen LogP contribution is 2.18. The highest BCUT2D eigenvalue weighted by Gasteiger charge is 2.19. The molecule has 0 amide bonds. The van der Waals surface area contributed by atoms with Gasteiger partial charge in [-0.05, 0) is 70.6 Å². The van der Waals surface area contributed by atoms with E-state index in [1.165, 1.54) is 193 Å². The summed E-state index contributed by atoms with van der Waals surface area (Å²) in [5.74, 6) is -0.866. The first-order chi connectivity index (χ1) is 37.5. The van der Waals surface area contributed by atoms with Crippen molar-refractivity contribution in [2.45, 2.75) is 341 Å². The Morgan fingerprint density at radius 3 is 0.803 bits per heavy atom. The van der Waals surface area contributed by atoms with E-state index in [-0.39, 0.29) is 31.1 Å². The Bertz CT molecular complexity index is 1400. The van der Waals surface area contributed by atoms with Crippen molar-refractivity contribution in [2.75, 3.05) is 13.2 Å². The molecule has 440 valence electrons. The molecule has 0 heterocycles. The molecule has 0 aliphatic heterocycles. The summed E-state index contributed by atoms with van der Waals surface area (Å²) >= 11 is 0. The van der Waals surface area contributed by atoms with Gasteiger partial charge < -0.3 is 14.2 Å². The third-order valence-electron chi connectivity index (χ3n) is 14.5. The molecule has 0 radical (unpaired) electrons. The average Bonchev–Trinajstić information content (AvgIpc) is 3.42. The van der Waals surface area contributed by atoms with Crippen molar-refractivity contribution >= 4 is 17.9 Å². The molecule has 0 N–H and O–H groups in total. The van der Waals surface area contributed by atoms with Crippen molar-refractivity contribution in [1.29, 1.82) is 0 Å². The third-order valence-corrected chi connectivity index (χ3v) is 14.5. The lowest BCUT2D eigenvalue weighted by atomic mass is 10.0. The summed E-state index contributed by atoms with van der Waals surface area (Å²) < 4.78 is 16.8. The van der Waals surface area contributed by atoms with Gasteiger partial charge in [0.05, 0.1) is 0 Å². The molecule has 76 heavy (non-hydrogen) atoms. The van der Waals surface area contributed by atoms with Crippen molar-refractivity contribution in [3.63, 3.8) is 0 Å². The standard InChI is InChI=1S/C70H124O6/c1-4-7-10-13-15-17-19-21-23-25-27-28-29-30-31-32-33-34-35-36-37-38-39-40-41-42-43-45-46-48-50-52-54-57-60-63-69(72)75-66-67(65-74-68(71)62-59-56-12-9-6-3)76-70(73)64-61-58-55-53-51-49-47-44-26-24-22-20-18-16-14-11-8-5-2/h7,10,15,17,21,23,27-28,30-31,33-34,67H,4-6,8-9,11-14,16,18-20,22,24-26,29,32,35-66H2,1-3H3/b10-7-,17-15-,23-21-,28-27-,31-30-,34-33-. The second kappa shape index (κ2) is 64.4. The Kier molecular flexibility index (Phi) is 61.7. The van der Waals surface area contributed by atoms with Gasteiger partial charge in [0.15, 0.2) is 6.10 Å². The molecule has 0 aliphatic carbocycles. The minimum Gasteiger partial charge on any atom is -0.462 e. The monoisotopic (exact) mass is 1060 g/mol. The molecule has 0 saturated heterocycles. The molecule has 0 bridgehead atoms. The molecule has 0 aromatic rings. The summed E-state index contributed by atoms with van der Waals surface area (Å²) in [6.45, 7) is 6.49. The first kappa shape index (κ1) is 72.8. The van der Waals surface area contributed by atoms with Gasteiger partial charge in [0.2, 0.25) is 0 Å². The van der Waals surface area contributed by atoms with Crippen LogP contribution in [0, 0.1) is 0 Å². The Balaban J connectivity index is 3.93. The van der Waals surface area contributed by atoms with E-state index in [1.807, 2.05) is 0 Å². The lowest BCUT2D eigenvalue weighted by Gasteiger charge is -2.18. The first-order valence-electron chi connectivity index (χ1n) is 32.9. The second-order valence-corrected chi connectivity index (χ2v) is 22.0. The summed E-state index contributed by atoms with van der Waals surface area (Å²) in [5, 5.41) is 0. The Morgan fingerprint density at radius 2 is 0.513 bits per heavy atom. The van der Waals surface area contributed by atoms with Crippen LogP contribution in [-0.4, -0.2) is 37.2 Å².